The Morgan fingerprint density at radius 3 is 2.64 bits per heavy atom. The summed E-state index contributed by atoms with van der Waals surface area (Å²) in [5.41, 5.74) is 6.83. The maximum atomic E-state index is 5.60. The highest BCUT2D eigenvalue weighted by atomic mass is 15.2. The zero-order valence-corrected chi connectivity index (χ0v) is 8.79. The van der Waals surface area contributed by atoms with E-state index in [1.54, 1.807) is 0 Å². The van der Waals surface area contributed by atoms with Crippen LogP contribution in [0.5, 0.6) is 0 Å². The van der Waals surface area contributed by atoms with Crippen molar-refractivity contribution in [2.45, 2.75) is 44.9 Å². The number of H-pyrrole nitrogens is 1. The van der Waals surface area contributed by atoms with Gasteiger partial charge in [-0.15, -0.1) is 0 Å². The van der Waals surface area contributed by atoms with E-state index in [4.69, 9.17) is 5.73 Å². The summed E-state index contributed by atoms with van der Waals surface area (Å²) in [5.74, 6) is 2.24. The molecule has 1 aromatic heterocycles. The van der Waals surface area contributed by atoms with Crippen molar-refractivity contribution in [3.63, 3.8) is 0 Å². The van der Waals surface area contributed by atoms with Crippen LogP contribution in [-0.2, 0) is 0 Å². The Kier molecular flexibility index (Phi) is 2.75. The Hall–Kier alpha value is -0.990. The Balaban J connectivity index is 1.95. The molecule has 3 nitrogen and oxygen atoms in total. The fourth-order valence-corrected chi connectivity index (χ4v) is 2.44. The zero-order valence-electron chi connectivity index (χ0n) is 8.79. The summed E-state index contributed by atoms with van der Waals surface area (Å²) in [5, 5.41) is 7.02. The van der Waals surface area contributed by atoms with Crippen molar-refractivity contribution in [3.05, 3.63) is 11.8 Å². The molecule has 0 unspecified atom stereocenters. The molecule has 0 atom stereocenters. The number of aromatic nitrogens is 2. The summed E-state index contributed by atoms with van der Waals surface area (Å²) in [6, 6.07) is 1.98. The van der Waals surface area contributed by atoms with Crippen LogP contribution in [-0.4, -0.2) is 10.2 Å². The standard InChI is InChI=1S/C11H19N3/c1-2-8-3-5-9(6-4-8)10-7-11(12)14-13-10/h7-9H,2-6H2,1H3,(H3,12,13,14). The lowest BCUT2D eigenvalue weighted by Crippen LogP contribution is -2.12. The summed E-state index contributed by atoms with van der Waals surface area (Å²) < 4.78 is 0. The molecule has 0 radical (unpaired) electrons. The second kappa shape index (κ2) is 4.03. The van der Waals surface area contributed by atoms with E-state index in [0.29, 0.717) is 11.7 Å². The molecule has 1 aromatic rings. The molecule has 1 saturated carbocycles. The number of nitrogens with zero attached hydrogens (tertiary/aromatic N) is 1. The highest BCUT2D eigenvalue weighted by Crippen LogP contribution is 2.36. The summed E-state index contributed by atoms with van der Waals surface area (Å²) in [7, 11) is 0. The first kappa shape index (κ1) is 9.56. The molecule has 0 bridgehead atoms. The second-order valence-electron chi connectivity index (χ2n) is 4.37. The largest absolute Gasteiger partial charge is 0.382 e. The molecule has 1 heterocycles. The molecule has 0 spiro atoms. The molecule has 3 N–H and O–H groups in total. The molecule has 0 aliphatic heterocycles. The van der Waals surface area contributed by atoms with Gasteiger partial charge in [-0.2, -0.15) is 5.10 Å². The predicted molar refractivity (Wildman–Crippen MR) is 58.0 cm³/mol. The van der Waals surface area contributed by atoms with Gasteiger partial charge in [0.2, 0.25) is 0 Å². The molecule has 0 amide bonds. The van der Waals surface area contributed by atoms with E-state index in [2.05, 4.69) is 17.1 Å². The molecule has 1 aliphatic rings. The quantitative estimate of drug-likeness (QED) is 0.758. The Morgan fingerprint density at radius 2 is 2.14 bits per heavy atom. The maximum absolute atomic E-state index is 5.60. The zero-order chi connectivity index (χ0) is 9.97. The van der Waals surface area contributed by atoms with Crippen molar-refractivity contribution < 1.29 is 0 Å². The SMILES string of the molecule is CCC1CCC(c2cc(N)n[nH]2)CC1. The van der Waals surface area contributed by atoms with Crippen LogP contribution in [0.15, 0.2) is 6.07 Å². The van der Waals surface area contributed by atoms with Crippen molar-refractivity contribution in [1.29, 1.82) is 0 Å². The van der Waals surface area contributed by atoms with Crippen molar-refractivity contribution in [3.8, 4) is 0 Å². The van der Waals surface area contributed by atoms with Crippen molar-refractivity contribution in [1.82, 2.24) is 10.2 Å². The van der Waals surface area contributed by atoms with Crippen LogP contribution < -0.4 is 5.73 Å². The van der Waals surface area contributed by atoms with Crippen LogP contribution in [0, 0.1) is 5.92 Å². The van der Waals surface area contributed by atoms with E-state index in [1.165, 1.54) is 37.8 Å². The number of hydrogen-bond acceptors (Lipinski definition) is 2. The first-order valence-electron chi connectivity index (χ1n) is 5.60. The van der Waals surface area contributed by atoms with Crippen LogP contribution in [0.25, 0.3) is 0 Å². The van der Waals surface area contributed by atoms with Crippen LogP contribution in [0.3, 0.4) is 0 Å². The van der Waals surface area contributed by atoms with E-state index < -0.39 is 0 Å². The first-order chi connectivity index (χ1) is 6.79. The third-order valence-electron chi connectivity index (χ3n) is 3.48. The number of nitrogen functional groups attached to an aromatic ring is 1. The highest BCUT2D eigenvalue weighted by molar-refractivity contribution is 5.30. The van der Waals surface area contributed by atoms with E-state index in [-0.39, 0.29) is 0 Å². The Morgan fingerprint density at radius 1 is 1.43 bits per heavy atom. The lowest BCUT2D eigenvalue weighted by molar-refractivity contribution is 0.315. The monoisotopic (exact) mass is 193 g/mol. The summed E-state index contributed by atoms with van der Waals surface area (Å²) >= 11 is 0. The molecule has 2 rings (SSSR count). The molecule has 1 fully saturated rings. The van der Waals surface area contributed by atoms with Gasteiger partial charge in [0.05, 0.1) is 0 Å². The summed E-state index contributed by atoms with van der Waals surface area (Å²) in [6.45, 7) is 2.29. The van der Waals surface area contributed by atoms with Gasteiger partial charge in [-0.3, -0.25) is 5.10 Å². The molecule has 78 valence electrons. The molecule has 0 aromatic carbocycles. The van der Waals surface area contributed by atoms with E-state index in [0.717, 1.165) is 5.92 Å². The van der Waals surface area contributed by atoms with Gasteiger partial charge < -0.3 is 5.73 Å². The van der Waals surface area contributed by atoms with Gasteiger partial charge in [-0.05, 0) is 31.6 Å². The van der Waals surface area contributed by atoms with Gasteiger partial charge in [0.1, 0.15) is 5.82 Å². The molecular weight excluding hydrogens is 174 g/mol. The Bertz CT molecular complexity index is 284. The smallest absolute Gasteiger partial charge is 0.145 e. The minimum atomic E-state index is 0.623. The van der Waals surface area contributed by atoms with E-state index in [9.17, 15) is 0 Å². The normalized spacial score (nSPS) is 27.8. The minimum absolute atomic E-state index is 0.623. The topological polar surface area (TPSA) is 54.7 Å². The van der Waals surface area contributed by atoms with Gasteiger partial charge in [0, 0.05) is 17.7 Å². The van der Waals surface area contributed by atoms with Gasteiger partial charge in [0.15, 0.2) is 0 Å². The van der Waals surface area contributed by atoms with Gasteiger partial charge in [0.25, 0.3) is 0 Å². The maximum Gasteiger partial charge on any atom is 0.145 e. The van der Waals surface area contributed by atoms with E-state index >= 15 is 0 Å². The molecule has 14 heavy (non-hydrogen) atoms. The number of aromatic amines is 1. The highest BCUT2D eigenvalue weighted by Gasteiger charge is 2.22. The number of hydrogen-bond donors (Lipinski definition) is 2. The summed E-state index contributed by atoms with van der Waals surface area (Å²) in [4.78, 5) is 0. The molecule has 0 saturated heterocycles. The summed E-state index contributed by atoms with van der Waals surface area (Å²) in [6.07, 6.45) is 6.64. The van der Waals surface area contributed by atoms with E-state index in [1.807, 2.05) is 6.07 Å². The number of anilines is 1. The number of nitrogens with one attached hydrogen (secondary N) is 1. The van der Waals surface area contributed by atoms with Crippen LogP contribution in [0.4, 0.5) is 5.82 Å². The Labute approximate surface area is 85.1 Å². The third-order valence-corrected chi connectivity index (χ3v) is 3.48. The first-order valence-corrected chi connectivity index (χ1v) is 5.60. The van der Waals surface area contributed by atoms with Crippen molar-refractivity contribution in [2.24, 2.45) is 5.92 Å². The molecular formula is C11H19N3. The van der Waals surface area contributed by atoms with Gasteiger partial charge in [-0.1, -0.05) is 13.3 Å². The van der Waals surface area contributed by atoms with Crippen molar-refractivity contribution >= 4 is 5.82 Å². The molecule has 1 aliphatic carbocycles. The van der Waals surface area contributed by atoms with Crippen LogP contribution in [0.2, 0.25) is 0 Å². The predicted octanol–water partition coefficient (Wildman–Crippen LogP) is 2.68. The lowest BCUT2D eigenvalue weighted by atomic mass is 9.79. The molecule has 3 heteroatoms. The third kappa shape index (κ3) is 1.91. The lowest BCUT2D eigenvalue weighted by Gasteiger charge is -2.26. The average Bonchev–Trinajstić information content (AvgIpc) is 2.65. The number of rotatable bonds is 2. The fourth-order valence-electron chi connectivity index (χ4n) is 2.44. The van der Waals surface area contributed by atoms with Crippen molar-refractivity contribution in [2.75, 3.05) is 5.73 Å². The van der Waals surface area contributed by atoms with Crippen LogP contribution >= 0.6 is 0 Å². The van der Waals surface area contributed by atoms with Gasteiger partial charge >= 0.3 is 0 Å². The number of nitrogens with two attached hydrogens (primary N) is 1. The fraction of sp³-hybridized carbons (Fsp3) is 0.727. The van der Waals surface area contributed by atoms with Gasteiger partial charge in [-0.25, -0.2) is 0 Å². The van der Waals surface area contributed by atoms with Crippen LogP contribution in [0.1, 0.15) is 50.6 Å². The average molecular weight is 193 g/mol. The second-order valence-corrected chi connectivity index (χ2v) is 4.37. The minimum Gasteiger partial charge on any atom is -0.382 e.